The van der Waals surface area contributed by atoms with Gasteiger partial charge in [-0.25, -0.2) is 0 Å². The Morgan fingerprint density at radius 2 is 2.19 bits per heavy atom. The fourth-order valence-electron chi connectivity index (χ4n) is 4.19. The summed E-state index contributed by atoms with van der Waals surface area (Å²) in [6.07, 6.45) is 4.41. The SMILES string of the molecule is COCCN1CCCC2(CCN(C(=O)CN(C)Cc3ccccn3)C2)C1=O. The minimum absolute atomic E-state index is 0.0899. The Bertz CT molecular complexity index is 654. The van der Waals surface area contributed by atoms with Crippen molar-refractivity contribution in [2.45, 2.75) is 25.8 Å². The largest absolute Gasteiger partial charge is 0.383 e. The molecule has 7 heteroatoms. The maximum Gasteiger partial charge on any atom is 0.236 e. The van der Waals surface area contributed by atoms with E-state index in [0.29, 0.717) is 39.3 Å². The second-order valence-corrected chi connectivity index (χ2v) is 7.73. The van der Waals surface area contributed by atoms with Gasteiger partial charge in [0.15, 0.2) is 0 Å². The predicted octanol–water partition coefficient (Wildman–Crippen LogP) is 1.00. The minimum atomic E-state index is -0.388. The summed E-state index contributed by atoms with van der Waals surface area (Å²) in [7, 11) is 3.58. The molecule has 1 atom stereocenters. The van der Waals surface area contributed by atoms with E-state index in [0.717, 1.165) is 31.5 Å². The first-order chi connectivity index (χ1) is 13.0. The van der Waals surface area contributed by atoms with Crippen molar-refractivity contribution in [1.82, 2.24) is 19.7 Å². The number of likely N-dealkylation sites (tertiary alicyclic amines) is 2. The number of methoxy groups -OCH3 is 1. The molecule has 2 saturated heterocycles. The van der Waals surface area contributed by atoms with Gasteiger partial charge >= 0.3 is 0 Å². The van der Waals surface area contributed by atoms with Crippen LogP contribution in [0.1, 0.15) is 25.0 Å². The summed E-state index contributed by atoms with van der Waals surface area (Å²) in [6, 6.07) is 5.79. The van der Waals surface area contributed by atoms with Crippen LogP contribution in [0.5, 0.6) is 0 Å². The smallest absolute Gasteiger partial charge is 0.236 e. The van der Waals surface area contributed by atoms with E-state index in [1.54, 1.807) is 13.3 Å². The number of piperidine rings is 1. The predicted molar refractivity (Wildman–Crippen MR) is 102 cm³/mol. The van der Waals surface area contributed by atoms with E-state index in [-0.39, 0.29) is 17.2 Å². The molecule has 0 saturated carbocycles. The normalized spacial score (nSPS) is 22.9. The molecular weight excluding hydrogens is 344 g/mol. The van der Waals surface area contributed by atoms with Crippen LogP contribution in [0.3, 0.4) is 0 Å². The summed E-state index contributed by atoms with van der Waals surface area (Å²) >= 11 is 0. The van der Waals surface area contributed by atoms with Crippen molar-refractivity contribution in [3.63, 3.8) is 0 Å². The number of amides is 2. The Kier molecular flexibility index (Phi) is 6.44. The molecule has 2 aliphatic rings. The van der Waals surface area contributed by atoms with Gasteiger partial charge in [-0.1, -0.05) is 6.07 Å². The van der Waals surface area contributed by atoms with Crippen molar-refractivity contribution in [2.24, 2.45) is 5.41 Å². The average molecular weight is 374 g/mol. The third-order valence-corrected chi connectivity index (χ3v) is 5.66. The van der Waals surface area contributed by atoms with Crippen LogP contribution in [0.15, 0.2) is 24.4 Å². The summed E-state index contributed by atoms with van der Waals surface area (Å²) in [5, 5.41) is 0. The van der Waals surface area contributed by atoms with Crippen LogP contribution in [0.25, 0.3) is 0 Å². The molecule has 3 rings (SSSR count). The van der Waals surface area contributed by atoms with Crippen LogP contribution in [0.4, 0.5) is 0 Å². The van der Waals surface area contributed by atoms with E-state index < -0.39 is 0 Å². The van der Waals surface area contributed by atoms with E-state index in [1.165, 1.54) is 0 Å². The zero-order chi connectivity index (χ0) is 19.3. The van der Waals surface area contributed by atoms with Gasteiger partial charge in [0, 0.05) is 46.0 Å². The summed E-state index contributed by atoms with van der Waals surface area (Å²) in [4.78, 5) is 35.8. The van der Waals surface area contributed by atoms with Gasteiger partial charge in [-0.2, -0.15) is 0 Å². The number of likely N-dealkylation sites (N-methyl/N-ethyl adjacent to an activating group) is 1. The maximum atomic E-state index is 13.0. The number of rotatable bonds is 7. The lowest BCUT2D eigenvalue weighted by Crippen LogP contribution is -2.51. The molecule has 2 amide bonds. The van der Waals surface area contributed by atoms with Crippen molar-refractivity contribution in [3.05, 3.63) is 30.1 Å². The zero-order valence-electron chi connectivity index (χ0n) is 16.4. The van der Waals surface area contributed by atoms with E-state index in [1.807, 2.05) is 39.9 Å². The summed E-state index contributed by atoms with van der Waals surface area (Å²) in [5.74, 6) is 0.287. The number of hydrogen-bond donors (Lipinski definition) is 0. The van der Waals surface area contributed by atoms with Gasteiger partial charge in [0.05, 0.1) is 24.3 Å². The molecule has 27 heavy (non-hydrogen) atoms. The fraction of sp³-hybridized carbons (Fsp3) is 0.650. The van der Waals surface area contributed by atoms with Crippen molar-refractivity contribution in [2.75, 3.05) is 53.5 Å². The summed E-state index contributed by atoms with van der Waals surface area (Å²) < 4.78 is 5.13. The van der Waals surface area contributed by atoms with E-state index in [2.05, 4.69) is 4.98 Å². The number of carbonyl (C=O) groups is 2. The lowest BCUT2D eigenvalue weighted by molar-refractivity contribution is -0.146. The number of pyridine rings is 1. The highest BCUT2D eigenvalue weighted by Gasteiger charge is 2.49. The minimum Gasteiger partial charge on any atom is -0.383 e. The van der Waals surface area contributed by atoms with Crippen molar-refractivity contribution in [3.8, 4) is 0 Å². The second-order valence-electron chi connectivity index (χ2n) is 7.73. The Morgan fingerprint density at radius 1 is 1.33 bits per heavy atom. The van der Waals surface area contributed by atoms with Gasteiger partial charge in [0.25, 0.3) is 0 Å². The first-order valence-electron chi connectivity index (χ1n) is 9.69. The number of hydrogen-bond acceptors (Lipinski definition) is 5. The summed E-state index contributed by atoms with van der Waals surface area (Å²) in [6.45, 7) is 4.18. The highest BCUT2D eigenvalue weighted by Crippen LogP contribution is 2.40. The topological polar surface area (TPSA) is 66.0 Å². The van der Waals surface area contributed by atoms with Gasteiger partial charge in [-0.15, -0.1) is 0 Å². The standard InChI is InChI=1S/C20H30N4O3/c1-22(14-17-6-3-4-9-21-17)15-18(25)24-11-8-20(16-24)7-5-10-23(19(20)26)12-13-27-2/h3-4,6,9H,5,7-8,10-16H2,1-2H3. The van der Waals surface area contributed by atoms with Gasteiger partial charge in [-0.3, -0.25) is 19.5 Å². The van der Waals surface area contributed by atoms with Crippen molar-refractivity contribution < 1.29 is 14.3 Å². The molecule has 0 N–H and O–H groups in total. The van der Waals surface area contributed by atoms with E-state index >= 15 is 0 Å². The molecule has 2 fully saturated rings. The molecule has 0 bridgehead atoms. The quantitative estimate of drug-likeness (QED) is 0.712. The lowest BCUT2D eigenvalue weighted by atomic mass is 9.78. The molecule has 1 aromatic heterocycles. The van der Waals surface area contributed by atoms with Crippen molar-refractivity contribution in [1.29, 1.82) is 0 Å². The fourth-order valence-corrected chi connectivity index (χ4v) is 4.19. The maximum absolute atomic E-state index is 13.0. The van der Waals surface area contributed by atoms with Crippen LogP contribution < -0.4 is 0 Å². The molecule has 1 aromatic rings. The van der Waals surface area contributed by atoms with Crippen LogP contribution in [0.2, 0.25) is 0 Å². The number of nitrogens with zero attached hydrogens (tertiary/aromatic N) is 4. The Balaban J connectivity index is 1.55. The molecule has 0 radical (unpaired) electrons. The number of ether oxygens (including phenoxy) is 1. The number of carbonyl (C=O) groups excluding carboxylic acids is 2. The average Bonchev–Trinajstić information content (AvgIpc) is 3.09. The molecule has 2 aliphatic heterocycles. The van der Waals surface area contributed by atoms with Crippen LogP contribution in [0, 0.1) is 5.41 Å². The first kappa shape index (κ1) is 19.8. The van der Waals surface area contributed by atoms with Crippen LogP contribution in [-0.2, 0) is 20.9 Å². The van der Waals surface area contributed by atoms with Gasteiger partial charge < -0.3 is 14.5 Å². The monoisotopic (exact) mass is 374 g/mol. The molecular formula is C20H30N4O3. The summed E-state index contributed by atoms with van der Waals surface area (Å²) in [5.41, 5.74) is 0.559. The van der Waals surface area contributed by atoms with Crippen LogP contribution in [-0.4, -0.2) is 85.0 Å². The molecule has 3 heterocycles. The third kappa shape index (κ3) is 4.65. The van der Waals surface area contributed by atoms with E-state index in [9.17, 15) is 9.59 Å². The molecule has 0 aliphatic carbocycles. The second kappa shape index (κ2) is 8.80. The lowest BCUT2D eigenvalue weighted by Gasteiger charge is -2.39. The first-order valence-corrected chi connectivity index (χ1v) is 9.69. The van der Waals surface area contributed by atoms with Gasteiger partial charge in [0.1, 0.15) is 0 Å². The van der Waals surface area contributed by atoms with Crippen LogP contribution >= 0.6 is 0 Å². The Labute approximate surface area is 161 Å². The van der Waals surface area contributed by atoms with E-state index in [4.69, 9.17) is 4.74 Å². The third-order valence-electron chi connectivity index (χ3n) is 5.66. The molecule has 1 spiro atoms. The molecule has 1 unspecified atom stereocenters. The molecule has 7 nitrogen and oxygen atoms in total. The highest BCUT2D eigenvalue weighted by molar-refractivity contribution is 5.86. The van der Waals surface area contributed by atoms with Gasteiger partial charge in [-0.05, 0) is 38.4 Å². The zero-order valence-corrected chi connectivity index (χ0v) is 16.4. The highest BCUT2D eigenvalue weighted by atomic mass is 16.5. The number of aromatic nitrogens is 1. The molecule has 148 valence electrons. The van der Waals surface area contributed by atoms with Crippen molar-refractivity contribution >= 4 is 11.8 Å². The Morgan fingerprint density at radius 3 is 2.93 bits per heavy atom. The molecule has 0 aromatic carbocycles. The Hall–Kier alpha value is -1.99. The van der Waals surface area contributed by atoms with Gasteiger partial charge in [0.2, 0.25) is 11.8 Å².